The quantitative estimate of drug-likeness (QED) is 0.308. The first-order valence-electron chi connectivity index (χ1n) is 9.28. The third-order valence-corrected chi connectivity index (χ3v) is 6.47. The van der Waals surface area contributed by atoms with Crippen LogP contribution in [0.2, 0.25) is 10.0 Å². The largest absolute Gasteiger partial charge is 0.495 e. The molecule has 0 saturated carbocycles. The molecule has 0 radical (unpaired) electrons. The summed E-state index contributed by atoms with van der Waals surface area (Å²) in [6.07, 6.45) is 5.17. The highest BCUT2D eigenvalue weighted by atomic mass is 35.5. The lowest BCUT2D eigenvalue weighted by Gasteiger charge is -2.30. The average molecular weight is 539 g/mol. The van der Waals surface area contributed by atoms with Crippen molar-refractivity contribution in [2.24, 2.45) is 0 Å². The number of hydrogen-bond donors (Lipinski definition) is 1. The number of methoxy groups -OCH3 is 1. The van der Waals surface area contributed by atoms with E-state index in [1.54, 1.807) is 43.5 Å². The summed E-state index contributed by atoms with van der Waals surface area (Å²) >= 11 is 14.3. The number of nitrogen functional groups attached to an aromatic ring is 1. The van der Waals surface area contributed by atoms with E-state index >= 15 is 0 Å². The molecule has 0 bridgehead atoms. The SMILES string of the molecule is COc1cc(SC[C@@H]2CO[C@@](Cn3ccnc3)(c3ccc(Cl)cc3Cl)O2)ccc1N.Cl.Cl. The van der Waals surface area contributed by atoms with E-state index in [2.05, 4.69) is 4.98 Å². The fraction of sp³-hybridized carbons (Fsp3) is 0.286. The zero-order chi connectivity index (χ0) is 21.1. The molecule has 1 aromatic heterocycles. The molecule has 4 rings (SSSR count). The van der Waals surface area contributed by atoms with E-state index in [4.69, 9.17) is 43.1 Å². The number of rotatable bonds is 7. The molecule has 2 heterocycles. The lowest BCUT2D eigenvalue weighted by atomic mass is 10.1. The van der Waals surface area contributed by atoms with Crippen LogP contribution >= 0.6 is 59.8 Å². The molecule has 2 N–H and O–H groups in total. The number of nitrogens with two attached hydrogens (primary N) is 1. The van der Waals surface area contributed by atoms with Crippen molar-refractivity contribution in [1.82, 2.24) is 9.55 Å². The lowest BCUT2D eigenvalue weighted by molar-refractivity contribution is -0.184. The summed E-state index contributed by atoms with van der Waals surface area (Å²) < 4.78 is 19.9. The van der Waals surface area contributed by atoms with Crippen LogP contribution in [0.4, 0.5) is 5.69 Å². The van der Waals surface area contributed by atoms with E-state index in [-0.39, 0.29) is 30.9 Å². The van der Waals surface area contributed by atoms with Gasteiger partial charge in [0.1, 0.15) is 5.75 Å². The van der Waals surface area contributed by atoms with Crippen molar-refractivity contribution in [2.45, 2.75) is 23.3 Å². The van der Waals surface area contributed by atoms with E-state index in [1.807, 2.05) is 35.0 Å². The molecule has 174 valence electrons. The highest BCUT2D eigenvalue weighted by Crippen LogP contribution is 2.41. The van der Waals surface area contributed by atoms with Crippen LogP contribution in [0.15, 0.2) is 60.0 Å². The molecule has 1 aliphatic heterocycles. The minimum Gasteiger partial charge on any atom is -0.495 e. The Morgan fingerprint density at radius 1 is 1.25 bits per heavy atom. The Hall–Kier alpha value is -1.32. The van der Waals surface area contributed by atoms with Crippen LogP contribution in [0.5, 0.6) is 5.75 Å². The van der Waals surface area contributed by atoms with Crippen molar-refractivity contribution in [3.63, 3.8) is 0 Å². The van der Waals surface area contributed by atoms with Crippen LogP contribution < -0.4 is 10.5 Å². The van der Waals surface area contributed by atoms with E-state index in [9.17, 15) is 0 Å². The summed E-state index contributed by atoms with van der Waals surface area (Å²) in [6, 6.07) is 11.1. The van der Waals surface area contributed by atoms with Crippen molar-refractivity contribution in [2.75, 3.05) is 25.2 Å². The minimum absolute atomic E-state index is 0. The first-order valence-corrected chi connectivity index (χ1v) is 11.0. The van der Waals surface area contributed by atoms with Gasteiger partial charge in [-0.15, -0.1) is 36.6 Å². The van der Waals surface area contributed by atoms with Gasteiger partial charge in [-0.2, -0.15) is 0 Å². The summed E-state index contributed by atoms with van der Waals surface area (Å²) in [4.78, 5) is 5.16. The monoisotopic (exact) mass is 537 g/mol. The predicted octanol–water partition coefficient (Wildman–Crippen LogP) is 5.69. The zero-order valence-corrected chi connectivity index (χ0v) is 21.0. The van der Waals surface area contributed by atoms with Crippen LogP contribution in [0.25, 0.3) is 0 Å². The number of benzene rings is 2. The van der Waals surface area contributed by atoms with Gasteiger partial charge in [-0.1, -0.05) is 29.3 Å². The molecule has 1 fully saturated rings. The molecule has 32 heavy (non-hydrogen) atoms. The second kappa shape index (κ2) is 11.7. The van der Waals surface area contributed by atoms with Crippen LogP contribution in [-0.2, 0) is 21.8 Å². The van der Waals surface area contributed by atoms with Gasteiger partial charge in [0.25, 0.3) is 0 Å². The van der Waals surface area contributed by atoms with Crippen LogP contribution in [0.3, 0.4) is 0 Å². The van der Waals surface area contributed by atoms with Crippen molar-refractivity contribution in [1.29, 1.82) is 0 Å². The molecule has 11 heteroatoms. The van der Waals surface area contributed by atoms with Gasteiger partial charge < -0.3 is 24.5 Å². The molecular weight excluding hydrogens is 516 g/mol. The second-order valence-corrected chi connectivity index (χ2v) is 8.81. The topological polar surface area (TPSA) is 71.5 Å². The van der Waals surface area contributed by atoms with Crippen molar-refractivity contribution >= 4 is 65.5 Å². The number of nitrogens with zero attached hydrogens (tertiary/aromatic N) is 2. The Kier molecular flexibility index (Phi) is 9.85. The summed E-state index contributed by atoms with van der Waals surface area (Å²) in [5, 5.41) is 1.06. The van der Waals surface area contributed by atoms with E-state index in [0.29, 0.717) is 40.4 Å². The third-order valence-electron chi connectivity index (χ3n) is 4.79. The molecule has 0 unspecified atom stereocenters. The molecule has 0 amide bonds. The van der Waals surface area contributed by atoms with E-state index in [1.165, 1.54) is 0 Å². The maximum Gasteiger partial charge on any atom is 0.215 e. The minimum atomic E-state index is -1.02. The summed E-state index contributed by atoms with van der Waals surface area (Å²) in [7, 11) is 1.61. The first-order chi connectivity index (χ1) is 14.5. The van der Waals surface area contributed by atoms with Crippen LogP contribution in [-0.4, -0.2) is 35.1 Å². The van der Waals surface area contributed by atoms with Crippen molar-refractivity contribution in [3.8, 4) is 5.75 Å². The van der Waals surface area contributed by atoms with Crippen molar-refractivity contribution in [3.05, 3.63) is 70.7 Å². The standard InChI is InChI=1S/C21H21Cl2N3O3S.2ClH/c1-27-20-9-16(3-5-19(20)24)30-11-15-10-28-21(29-15,12-26-7-6-25-13-26)17-4-2-14(22)8-18(17)23;;/h2-9,13,15H,10-12,24H2,1H3;2*1H/t15-,21+;;/m0../s1. The number of aromatic nitrogens is 2. The second-order valence-electron chi connectivity index (χ2n) is 6.88. The number of ether oxygens (including phenoxy) is 3. The predicted molar refractivity (Wildman–Crippen MR) is 134 cm³/mol. The Bertz CT molecular complexity index is 1030. The van der Waals surface area contributed by atoms with Gasteiger partial charge >= 0.3 is 0 Å². The van der Waals surface area contributed by atoms with Gasteiger partial charge in [0.15, 0.2) is 0 Å². The molecule has 1 saturated heterocycles. The van der Waals surface area contributed by atoms with Crippen LogP contribution in [0.1, 0.15) is 5.56 Å². The number of halogens is 4. The fourth-order valence-electron chi connectivity index (χ4n) is 3.35. The first kappa shape index (κ1) is 26.9. The van der Waals surface area contributed by atoms with Crippen molar-refractivity contribution < 1.29 is 14.2 Å². The van der Waals surface area contributed by atoms with E-state index < -0.39 is 5.79 Å². The molecular formula is C21H23Cl4N3O3S. The summed E-state index contributed by atoms with van der Waals surface area (Å²) in [5.74, 6) is 0.335. The van der Waals surface area contributed by atoms with Gasteiger partial charge in [-0.25, -0.2) is 4.98 Å². The number of anilines is 1. The number of hydrogen-bond acceptors (Lipinski definition) is 6. The van der Waals surface area contributed by atoms with Gasteiger partial charge in [0.05, 0.1) is 43.4 Å². The summed E-state index contributed by atoms with van der Waals surface area (Å²) in [5.41, 5.74) is 7.25. The molecule has 1 aliphatic rings. The Morgan fingerprint density at radius 3 is 2.75 bits per heavy atom. The molecule has 2 atom stereocenters. The fourth-order valence-corrected chi connectivity index (χ4v) is 4.80. The number of imidazole rings is 1. The lowest BCUT2D eigenvalue weighted by Crippen LogP contribution is -2.34. The third kappa shape index (κ3) is 5.97. The molecule has 2 aromatic carbocycles. The van der Waals surface area contributed by atoms with Gasteiger partial charge in [-0.3, -0.25) is 0 Å². The smallest absolute Gasteiger partial charge is 0.215 e. The molecule has 3 aromatic rings. The Balaban J connectivity index is 0.00000181. The zero-order valence-electron chi connectivity index (χ0n) is 17.1. The maximum atomic E-state index is 6.51. The molecule has 0 spiro atoms. The molecule has 0 aliphatic carbocycles. The average Bonchev–Trinajstić information content (AvgIpc) is 3.38. The highest BCUT2D eigenvalue weighted by molar-refractivity contribution is 7.99. The Morgan fingerprint density at radius 2 is 2.06 bits per heavy atom. The van der Waals surface area contributed by atoms with Gasteiger partial charge in [-0.05, 0) is 30.3 Å². The van der Waals surface area contributed by atoms with Gasteiger partial charge in [0.2, 0.25) is 5.79 Å². The summed E-state index contributed by atoms with van der Waals surface area (Å²) in [6.45, 7) is 0.859. The highest BCUT2D eigenvalue weighted by Gasteiger charge is 2.45. The van der Waals surface area contributed by atoms with Gasteiger partial charge in [0, 0.05) is 33.6 Å². The number of thioether (sulfide) groups is 1. The maximum absolute atomic E-state index is 6.51. The normalized spacial score (nSPS) is 19.8. The molecule has 6 nitrogen and oxygen atoms in total. The van der Waals surface area contributed by atoms with E-state index in [0.717, 1.165) is 10.5 Å². The van der Waals surface area contributed by atoms with Crippen LogP contribution in [0, 0.1) is 0 Å². The Labute approximate surface area is 213 Å².